The zero-order chi connectivity index (χ0) is 19.7. The summed E-state index contributed by atoms with van der Waals surface area (Å²) in [6.07, 6.45) is 0. The molecule has 2 atom stereocenters. The van der Waals surface area contributed by atoms with Crippen molar-refractivity contribution in [2.24, 2.45) is 4.99 Å². The van der Waals surface area contributed by atoms with Crippen LogP contribution >= 0.6 is 0 Å². The second-order valence-corrected chi connectivity index (χ2v) is 7.28. The quantitative estimate of drug-likeness (QED) is 0.588. The first-order valence-electron chi connectivity index (χ1n) is 9.54. The maximum atomic E-state index is 5.54. The third-order valence-corrected chi connectivity index (χ3v) is 5.50. The van der Waals surface area contributed by atoms with E-state index in [-0.39, 0.29) is 12.0 Å². The van der Waals surface area contributed by atoms with Crippen molar-refractivity contribution in [1.29, 1.82) is 0 Å². The number of aliphatic imine (C=N–C) groups is 1. The first kappa shape index (κ1) is 18.3. The van der Waals surface area contributed by atoms with Crippen LogP contribution in [0.2, 0.25) is 0 Å². The van der Waals surface area contributed by atoms with E-state index in [4.69, 9.17) is 14.5 Å². The number of nitrogens with zero attached hydrogens (tertiary/aromatic N) is 1. The molecular formula is C25H25NO2. The average Bonchev–Trinajstić information content (AvgIpc) is 2.73. The number of benzene rings is 3. The fourth-order valence-electron chi connectivity index (χ4n) is 4.00. The molecule has 3 nitrogen and oxygen atoms in total. The summed E-state index contributed by atoms with van der Waals surface area (Å²) in [5, 5.41) is 0. The minimum Gasteiger partial charge on any atom is -0.497 e. The van der Waals surface area contributed by atoms with Gasteiger partial charge in [-0.15, -0.1) is 0 Å². The monoisotopic (exact) mass is 371 g/mol. The van der Waals surface area contributed by atoms with Crippen LogP contribution in [-0.2, 0) is 0 Å². The highest BCUT2D eigenvalue weighted by Crippen LogP contribution is 2.45. The third kappa shape index (κ3) is 3.29. The van der Waals surface area contributed by atoms with Gasteiger partial charge in [0.15, 0.2) is 0 Å². The summed E-state index contributed by atoms with van der Waals surface area (Å²) in [4.78, 5) is 5.13. The molecule has 0 saturated carbocycles. The van der Waals surface area contributed by atoms with Crippen LogP contribution in [0.3, 0.4) is 0 Å². The predicted octanol–water partition coefficient (Wildman–Crippen LogP) is 5.71. The lowest BCUT2D eigenvalue weighted by Gasteiger charge is -2.32. The molecule has 1 aliphatic rings. The van der Waals surface area contributed by atoms with Gasteiger partial charge in [0.1, 0.15) is 11.5 Å². The molecule has 3 heteroatoms. The van der Waals surface area contributed by atoms with Gasteiger partial charge in [-0.2, -0.15) is 0 Å². The van der Waals surface area contributed by atoms with Crippen LogP contribution in [0.25, 0.3) is 0 Å². The molecule has 0 spiro atoms. The molecule has 28 heavy (non-hydrogen) atoms. The van der Waals surface area contributed by atoms with Gasteiger partial charge in [0, 0.05) is 11.6 Å². The van der Waals surface area contributed by atoms with Crippen molar-refractivity contribution < 1.29 is 9.47 Å². The first-order chi connectivity index (χ1) is 13.6. The topological polar surface area (TPSA) is 30.8 Å². The Balaban J connectivity index is 1.93. The molecule has 0 amide bonds. The van der Waals surface area contributed by atoms with Gasteiger partial charge in [-0.3, -0.25) is 4.99 Å². The van der Waals surface area contributed by atoms with Crippen LogP contribution in [-0.4, -0.2) is 19.9 Å². The minimum atomic E-state index is 0.00677. The molecule has 0 aromatic heterocycles. The molecule has 0 N–H and O–H groups in total. The van der Waals surface area contributed by atoms with Crippen molar-refractivity contribution in [2.45, 2.75) is 25.8 Å². The van der Waals surface area contributed by atoms with Crippen LogP contribution in [0.1, 0.15) is 46.7 Å². The molecule has 142 valence electrons. The highest BCUT2D eigenvalue weighted by molar-refractivity contribution is 6.01. The van der Waals surface area contributed by atoms with E-state index in [0.717, 1.165) is 17.2 Å². The van der Waals surface area contributed by atoms with E-state index in [2.05, 4.69) is 62.4 Å². The minimum absolute atomic E-state index is 0.00677. The van der Waals surface area contributed by atoms with Gasteiger partial charge >= 0.3 is 0 Å². The summed E-state index contributed by atoms with van der Waals surface area (Å²) in [5.41, 5.74) is 7.13. The Morgan fingerprint density at radius 1 is 0.750 bits per heavy atom. The molecule has 1 aliphatic heterocycles. The summed E-state index contributed by atoms with van der Waals surface area (Å²) in [7, 11) is 3.42. The SMILES string of the molecule is COc1cccc([C@@H]2c3cc(OC)ccc3C(C)=N[C@H]2c2ccc(C)cc2)c1. The van der Waals surface area contributed by atoms with Crippen LogP contribution < -0.4 is 9.47 Å². The van der Waals surface area contributed by atoms with Gasteiger partial charge in [0.05, 0.1) is 20.3 Å². The van der Waals surface area contributed by atoms with E-state index in [9.17, 15) is 0 Å². The normalized spacial score (nSPS) is 18.2. The Morgan fingerprint density at radius 3 is 2.18 bits per heavy atom. The molecule has 0 bridgehead atoms. The summed E-state index contributed by atoms with van der Waals surface area (Å²) in [5.74, 6) is 1.81. The molecule has 0 radical (unpaired) electrons. The van der Waals surface area contributed by atoms with E-state index in [1.54, 1.807) is 14.2 Å². The lowest BCUT2D eigenvalue weighted by Crippen LogP contribution is -2.21. The molecule has 4 rings (SSSR count). The van der Waals surface area contributed by atoms with E-state index >= 15 is 0 Å². The number of hydrogen-bond acceptors (Lipinski definition) is 3. The summed E-state index contributed by atoms with van der Waals surface area (Å²) in [6, 6.07) is 23.3. The van der Waals surface area contributed by atoms with Crippen molar-refractivity contribution in [3.63, 3.8) is 0 Å². The Labute approximate surface area is 166 Å². The number of hydrogen-bond donors (Lipinski definition) is 0. The van der Waals surface area contributed by atoms with Gasteiger partial charge in [-0.25, -0.2) is 0 Å². The average molecular weight is 371 g/mol. The Hall–Kier alpha value is -3.07. The number of ether oxygens (including phenoxy) is 2. The zero-order valence-electron chi connectivity index (χ0n) is 16.8. The third-order valence-electron chi connectivity index (χ3n) is 5.50. The van der Waals surface area contributed by atoms with Crippen LogP contribution in [0.5, 0.6) is 11.5 Å². The van der Waals surface area contributed by atoms with Crippen molar-refractivity contribution in [2.75, 3.05) is 14.2 Å². The number of aryl methyl sites for hydroxylation is 1. The fourth-order valence-corrected chi connectivity index (χ4v) is 4.00. The standard InChI is InChI=1S/C25H25NO2/c1-16-8-10-18(11-9-16)25-24(19-6-5-7-20(14-19)27-3)23-15-21(28-4)12-13-22(23)17(2)26-25/h5-15,24-25H,1-4H3/t24-,25+/m1/s1. The summed E-state index contributed by atoms with van der Waals surface area (Å²) < 4.78 is 11.0. The highest BCUT2D eigenvalue weighted by Gasteiger charge is 2.33. The lowest BCUT2D eigenvalue weighted by atomic mass is 9.77. The van der Waals surface area contributed by atoms with E-state index in [0.29, 0.717) is 0 Å². The fraction of sp³-hybridized carbons (Fsp3) is 0.240. The van der Waals surface area contributed by atoms with Crippen LogP contribution in [0.4, 0.5) is 0 Å². The number of methoxy groups -OCH3 is 2. The van der Waals surface area contributed by atoms with Crippen molar-refractivity contribution in [3.8, 4) is 11.5 Å². The van der Waals surface area contributed by atoms with Crippen molar-refractivity contribution in [1.82, 2.24) is 0 Å². The van der Waals surface area contributed by atoms with Gasteiger partial charge in [0.2, 0.25) is 0 Å². The smallest absolute Gasteiger partial charge is 0.119 e. The predicted molar refractivity (Wildman–Crippen MR) is 114 cm³/mol. The maximum Gasteiger partial charge on any atom is 0.119 e. The molecular weight excluding hydrogens is 346 g/mol. The second kappa shape index (κ2) is 7.51. The van der Waals surface area contributed by atoms with Gasteiger partial charge < -0.3 is 9.47 Å². The van der Waals surface area contributed by atoms with Crippen LogP contribution in [0.15, 0.2) is 71.7 Å². The zero-order valence-corrected chi connectivity index (χ0v) is 16.8. The van der Waals surface area contributed by atoms with E-state index in [1.165, 1.54) is 27.8 Å². The summed E-state index contributed by atoms with van der Waals surface area (Å²) in [6.45, 7) is 4.20. The van der Waals surface area contributed by atoms with Crippen molar-refractivity contribution >= 4 is 5.71 Å². The van der Waals surface area contributed by atoms with Gasteiger partial charge in [0.25, 0.3) is 0 Å². The molecule has 3 aromatic rings. The van der Waals surface area contributed by atoms with Crippen LogP contribution in [0, 0.1) is 6.92 Å². The molecule has 3 aromatic carbocycles. The molecule has 0 fully saturated rings. The number of fused-ring (bicyclic) bond motifs is 1. The Morgan fingerprint density at radius 2 is 1.46 bits per heavy atom. The first-order valence-corrected chi connectivity index (χ1v) is 9.54. The lowest BCUT2D eigenvalue weighted by molar-refractivity contribution is 0.412. The molecule has 0 aliphatic carbocycles. The van der Waals surface area contributed by atoms with E-state index < -0.39 is 0 Å². The van der Waals surface area contributed by atoms with Gasteiger partial charge in [-0.1, -0.05) is 42.0 Å². The van der Waals surface area contributed by atoms with Gasteiger partial charge in [-0.05, 0) is 66.4 Å². The summed E-state index contributed by atoms with van der Waals surface area (Å²) >= 11 is 0. The molecule has 1 heterocycles. The molecule has 0 saturated heterocycles. The number of rotatable bonds is 4. The van der Waals surface area contributed by atoms with E-state index in [1.807, 2.05) is 18.2 Å². The Kier molecular flexibility index (Phi) is 4.91. The maximum absolute atomic E-state index is 5.54. The molecule has 0 unspecified atom stereocenters. The highest BCUT2D eigenvalue weighted by atomic mass is 16.5. The van der Waals surface area contributed by atoms with Crippen molar-refractivity contribution in [3.05, 3.63) is 94.5 Å². The Bertz CT molecular complexity index is 1020. The second-order valence-electron chi connectivity index (χ2n) is 7.28. The largest absolute Gasteiger partial charge is 0.497 e.